The molecular weight excluding hydrogens is 316 g/mol. The smallest absolute Gasteiger partial charge is 0.238 e. The normalized spacial score (nSPS) is 13.9. The molecule has 0 unspecified atom stereocenters. The summed E-state index contributed by atoms with van der Waals surface area (Å²) in [5.74, 6) is 0.822. The van der Waals surface area contributed by atoms with Crippen LogP contribution in [0.4, 0.5) is 5.69 Å². The molecule has 1 aromatic carbocycles. The summed E-state index contributed by atoms with van der Waals surface area (Å²) in [7, 11) is 0. The Hall–Kier alpha value is -0.580. The highest BCUT2D eigenvalue weighted by molar-refractivity contribution is 9.10. The number of rotatable bonds is 5. The molecule has 0 heterocycles. The molecule has 0 radical (unpaired) electrons. The first-order valence-electron chi connectivity index (χ1n) is 5.92. The zero-order chi connectivity index (χ0) is 12.3. The van der Waals surface area contributed by atoms with Crippen LogP contribution in [0, 0.1) is 12.8 Å². The molecule has 1 fully saturated rings. The molecule has 0 aliphatic heterocycles. The average molecular weight is 334 g/mol. The van der Waals surface area contributed by atoms with Crippen molar-refractivity contribution in [1.29, 1.82) is 0 Å². The summed E-state index contributed by atoms with van der Waals surface area (Å²) in [6.07, 6.45) is 2.61. The standard InChI is InChI=1S/C13H17BrN2O.ClH/c1-9-11(14)3-2-4-12(9)16-13(17)8-15-7-10-5-6-10;/h2-4,10,15H,5-8H2,1H3,(H,16,17);1H. The Bertz CT molecular complexity index is 421. The van der Waals surface area contributed by atoms with E-state index in [0.29, 0.717) is 6.54 Å². The first kappa shape index (κ1) is 15.5. The first-order valence-corrected chi connectivity index (χ1v) is 6.72. The van der Waals surface area contributed by atoms with Gasteiger partial charge in [0.2, 0.25) is 5.91 Å². The molecule has 0 aromatic heterocycles. The van der Waals surface area contributed by atoms with E-state index in [-0.39, 0.29) is 18.3 Å². The van der Waals surface area contributed by atoms with Gasteiger partial charge >= 0.3 is 0 Å². The van der Waals surface area contributed by atoms with Crippen molar-refractivity contribution < 1.29 is 4.79 Å². The van der Waals surface area contributed by atoms with Crippen molar-refractivity contribution >= 4 is 39.9 Å². The number of anilines is 1. The van der Waals surface area contributed by atoms with Gasteiger partial charge in [-0.25, -0.2) is 0 Å². The van der Waals surface area contributed by atoms with Crippen LogP contribution in [0.3, 0.4) is 0 Å². The molecule has 1 saturated carbocycles. The fourth-order valence-electron chi connectivity index (χ4n) is 1.65. The Morgan fingerprint density at radius 3 is 2.83 bits per heavy atom. The lowest BCUT2D eigenvalue weighted by Crippen LogP contribution is -2.29. The lowest BCUT2D eigenvalue weighted by atomic mass is 10.2. The zero-order valence-electron chi connectivity index (χ0n) is 10.3. The van der Waals surface area contributed by atoms with Gasteiger partial charge in [-0.2, -0.15) is 0 Å². The van der Waals surface area contributed by atoms with Crippen LogP contribution >= 0.6 is 28.3 Å². The van der Waals surface area contributed by atoms with Gasteiger partial charge in [0.05, 0.1) is 6.54 Å². The number of carbonyl (C=O) groups excluding carboxylic acids is 1. The van der Waals surface area contributed by atoms with Gasteiger partial charge in [0.1, 0.15) is 0 Å². The molecule has 3 nitrogen and oxygen atoms in total. The van der Waals surface area contributed by atoms with Crippen LogP contribution in [0.15, 0.2) is 22.7 Å². The number of nitrogens with one attached hydrogen (secondary N) is 2. The van der Waals surface area contributed by atoms with Crippen molar-refractivity contribution in [2.75, 3.05) is 18.4 Å². The van der Waals surface area contributed by atoms with Gasteiger partial charge in [0.25, 0.3) is 0 Å². The van der Waals surface area contributed by atoms with Gasteiger partial charge in [-0.05, 0) is 49.9 Å². The summed E-state index contributed by atoms with van der Waals surface area (Å²) in [4.78, 5) is 11.7. The lowest BCUT2D eigenvalue weighted by molar-refractivity contribution is -0.115. The fourth-order valence-corrected chi connectivity index (χ4v) is 2.02. The topological polar surface area (TPSA) is 41.1 Å². The van der Waals surface area contributed by atoms with Gasteiger partial charge in [-0.1, -0.05) is 22.0 Å². The van der Waals surface area contributed by atoms with Gasteiger partial charge in [0.15, 0.2) is 0 Å². The van der Waals surface area contributed by atoms with E-state index in [1.807, 2.05) is 25.1 Å². The van der Waals surface area contributed by atoms with Crippen LogP contribution in [0.5, 0.6) is 0 Å². The Kier molecular flexibility index (Phi) is 6.12. The van der Waals surface area contributed by atoms with Crippen LogP contribution in [-0.4, -0.2) is 19.0 Å². The molecule has 2 N–H and O–H groups in total. The second-order valence-electron chi connectivity index (χ2n) is 4.53. The summed E-state index contributed by atoms with van der Waals surface area (Å²) in [6, 6.07) is 5.81. The molecule has 100 valence electrons. The van der Waals surface area contributed by atoms with Crippen molar-refractivity contribution in [3.63, 3.8) is 0 Å². The van der Waals surface area contributed by atoms with E-state index in [1.165, 1.54) is 12.8 Å². The number of amides is 1. The highest BCUT2D eigenvalue weighted by atomic mass is 79.9. The predicted molar refractivity (Wildman–Crippen MR) is 80.4 cm³/mol. The van der Waals surface area contributed by atoms with Gasteiger partial charge in [0, 0.05) is 10.2 Å². The van der Waals surface area contributed by atoms with Crippen molar-refractivity contribution in [3.8, 4) is 0 Å². The van der Waals surface area contributed by atoms with E-state index in [1.54, 1.807) is 0 Å². The minimum atomic E-state index is 0. The molecule has 0 saturated heterocycles. The van der Waals surface area contributed by atoms with E-state index in [2.05, 4.69) is 26.6 Å². The van der Waals surface area contributed by atoms with E-state index in [0.717, 1.165) is 28.2 Å². The van der Waals surface area contributed by atoms with Crippen LogP contribution in [0.2, 0.25) is 0 Å². The second kappa shape index (κ2) is 7.12. The van der Waals surface area contributed by atoms with Crippen molar-refractivity contribution in [2.45, 2.75) is 19.8 Å². The predicted octanol–water partition coefficient (Wildman–Crippen LogP) is 3.12. The summed E-state index contributed by atoms with van der Waals surface area (Å²) in [5, 5.41) is 6.09. The average Bonchev–Trinajstić information content (AvgIpc) is 3.09. The molecule has 0 spiro atoms. The molecule has 1 aliphatic rings. The Morgan fingerprint density at radius 1 is 1.44 bits per heavy atom. The minimum absolute atomic E-state index is 0. The maximum absolute atomic E-state index is 11.7. The Labute approximate surface area is 122 Å². The fraction of sp³-hybridized carbons (Fsp3) is 0.462. The van der Waals surface area contributed by atoms with Crippen molar-refractivity contribution in [3.05, 3.63) is 28.2 Å². The molecule has 1 aliphatic carbocycles. The minimum Gasteiger partial charge on any atom is -0.325 e. The number of benzene rings is 1. The third kappa shape index (κ3) is 4.59. The highest BCUT2D eigenvalue weighted by Gasteiger charge is 2.20. The molecule has 0 atom stereocenters. The molecule has 0 bridgehead atoms. The maximum atomic E-state index is 11.7. The quantitative estimate of drug-likeness (QED) is 0.869. The third-order valence-electron chi connectivity index (χ3n) is 2.96. The van der Waals surface area contributed by atoms with Crippen molar-refractivity contribution in [2.24, 2.45) is 5.92 Å². The second-order valence-corrected chi connectivity index (χ2v) is 5.39. The summed E-state index contributed by atoms with van der Waals surface area (Å²) in [5.41, 5.74) is 1.93. The van der Waals surface area contributed by atoms with E-state index in [9.17, 15) is 4.79 Å². The Morgan fingerprint density at radius 2 is 2.17 bits per heavy atom. The molecule has 1 aromatic rings. The molecule has 1 amide bonds. The van der Waals surface area contributed by atoms with Crippen LogP contribution in [-0.2, 0) is 4.79 Å². The third-order valence-corrected chi connectivity index (χ3v) is 3.82. The number of carbonyl (C=O) groups is 1. The monoisotopic (exact) mass is 332 g/mol. The van der Waals surface area contributed by atoms with Gasteiger partial charge in [-0.15, -0.1) is 12.4 Å². The van der Waals surface area contributed by atoms with Crippen LogP contribution in [0.1, 0.15) is 18.4 Å². The van der Waals surface area contributed by atoms with Crippen LogP contribution < -0.4 is 10.6 Å². The number of hydrogen-bond donors (Lipinski definition) is 2. The SMILES string of the molecule is Cc1c(Br)cccc1NC(=O)CNCC1CC1.Cl. The number of hydrogen-bond acceptors (Lipinski definition) is 2. The molecular formula is C13H18BrClN2O. The summed E-state index contributed by atoms with van der Waals surface area (Å²) in [6.45, 7) is 3.34. The zero-order valence-corrected chi connectivity index (χ0v) is 12.7. The lowest BCUT2D eigenvalue weighted by Gasteiger charge is -2.10. The van der Waals surface area contributed by atoms with Gasteiger partial charge in [-0.3, -0.25) is 4.79 Å². The number of halogens is 2. The van der Waals surface area contributed by atoms with E-state index in [4.69, 9.17) is 0 Å². The molecule has 5 heteroatoms. The van der Waals surface area contributed by atoms with E-state index >= 15 is 0 Å². The van der Waals surface area contributed by atoms with Crippen LogP contribution in [0.25, 0.3) is 0 Å². The summed E-state index contributed by atoms with van der Waals surface area (Å²) < 4.78 is 1.02. The van der Waals surface area contributed by atoms with Crippen molar-refractivity contribution in [1.82, 2.24) is 5.32 Å². The van der Waals surface area contributed by atoms with E-state index < -0.39 is 0 Å². The largest absolute Gasteiger partial charge is 0.325 e. The first-order chi connectivity index (χ1) is 8.16. The molecule has 18 heavy (non-hydrogen) atoms. The molecule has 2 rings (SSSR count). The highest BCUT2D eigenvalue weighted by Crippen LogP contribution is 2.27. The van der Waals surface area contributed by atoms with Gasteiger partial charge < -0.3 is 10.6 Å². The Balaban J connectivity index is 0.00000162. The maximum Gasteiger partial charge on any atom is 0.238 e. The summed E-state index contributed by atoms with van der Waals surface area (Å²) >= 11 is 3.45.